The molecular weight excluding hydrogens is 310 g/mol. The lowest BCUT2D eigenvalue weighted by molar-refractivity contribution is -0.153. The van der Waals surface area contributed by atoms with Gasteiger partial charge >= 0.3 is 12.0 Å². The van der Waals surface area contributed by atoms with Crippen LogP contribution in [-0.2, 0) is 9.59 Å². The molecule has 1 heterocycles. The van der Waals surface area contributed by atoms with E-state index in [1.165, 1.54) is 19.3 Å². The number of carbonyl (C=O) groups is 3. The Morgan fingerprint density at radius 3 is 1.92 bits per heavy atom. The molecule has 0 aromatic carbocycles. The molecule has 3 rings (SSSR count). The lowest BCUT2D eigenvalue weighted by atomic mass is 9.96. The Morgan fingerprint density at radius 2 is 1.42 bits per heavy atom. The van der Waals surface area contributed by atoms with Crippen molar-refractivity contribution in [3.63, 3.8) is 0 Å². The topological polar surface area (TPSA) is 98.7 Å². The van der Waals surface area contributed by atoms with Crippen molar-refractivity contribution in [2.45, 2.75) is 69.9 Å². The first-order chi connectivity index (χ1) is 11.5. The summed E-state index contributed by atoms with van der Waals surface area (Å²) < 4.78 is 0. The predicted molar refractivity (Wildman–Crippen MR) is 87.4 cm³/mol. The molecule has 2 saturated carbocycles. The first-order valence-electron chi connectivity index (χ1n) is 9.11. The van der Waals surface area contributed by atoms with Gasteiger partial charge in [-0.25, -0.2) is 4.79 Å². The van der Waals surface area contributed by atoms with E-state index >= 15 is 0 Å². The second-order valence-corrected chi connectivity index (χ2v) is 7.41. The average Bonchev–Trinajstić information content (AvgIpc) is 3.38. The fourth-order valence-corrected chi connectivity index (χ4v) is 3.83. The molecule has 1 aliphatic heterocycles. The maximum atomic E-state index is 12.4. The fraction of sp³-hybridized carbons (Fsp3) is 0.824. The minimum atomic E-state index is -1.15. The Labute approximate surface area is 142 Å². The molecule has 2 aliphatic carbocycles. The van der Waals surface area contributed by atoms with Crippen LogP contribution in [0.15, 0.2) is 0 Å². The van der Waals surface area contributed by atoms with Crippen molar-refractivity contribution < 1.29 is 19.5 Å². The van der Waals surface area contributed by atoms with Crippen molar-refractivity contribution >= 4 is 17.9 Å². The Bertz CT molecular complexity index is 504. The Morgan fingerprint density at radius 1 is 0.875 bits per heavy atom. The van der Waals surface area contributed by atoms with Gasteiger partial charge in [0.25, 0.3) is 0 Å². The van der Waals surface area contributed by atoms with Crippen molar-refractivity contribution in [2.75, 3.05) is 13.1 Å². The molecule has 3 amide bonds. The fourth-order valence-electron chi connectivity index (χ4n) is 3.83. The van der Waals surface area contributed by atoms with Crippen molar-refractivity contribution in [1.29, 1.82) is 0 Å². The number of rotatable bonds is 4. The number of hydrogen-bond acceptors (Lipinski definition) is 3. The molecule has 1 saturated heterocycles. The van der Waals surface area contributed by atoms with Gasteiger partial charge in [0.05, 0.1) is 0 Å². The lowest BCUT2D eigenvalue weighted by Gasteiger charge is -2.34. The summed E-state index contributed by atoms with van der Waals surface area (Å²) in [6.45, 7) is 1.03. The standard InChI is InChI=1S/C17H27N3O4/c21-14(17(8-9-17)15(22)23)20-10-6-13(7-11-20)19-16(24)18-12-4-2-1-3-5-12/h12-13H,1-11H2,(H,22,23)(H2,18,19,24). The third-order valence-electron chi connectivity index (χ3n) is 5.63. The van der Waals surface area contributed by atoms with Gasteiger partial charge < -0.3 is 20.6 Å². The van der Waals surface area contributed by atoms with Crippen molar-refractivity contribution in [3.05, 3.63) is 0 Å². The summed E-state index contributed by atoms with van der Waals surface area (Å²) in [5.41, 5.74) is -1.15. The third-order valence-corrected chi connectivity index (χ3v) is 5.63. The highest BCUT2D eigenvalue weighted by Gasteiger charge is 2.58. The third kappa shape index (κ3) is 3.65. The van der Waals surface area contributed by atoms with Gasteiger partial charge in [-0.3, -0.25) is 9.59 Å². The quantitative estimate of drug-likeness (QED) is 0.677. The van der Waals surface area contributed by atoms with Gasteiger partial charge in [-0.1, -0.05) is 19.3 Å². The lowest BCUT2D eigenvalue weighted by Crippen LogP contribution is -2.52. The van der Waals surface area contributed by atoms with E-state index in [1.54, 1.807) is 4.90 Å². The molecule has 7 nitrogen and oxygen atoms in total. The summed E-state index contributed by atoms with van der Waals surface area (Å²) in [4.78, 5) is 37.3. The SMILES string of the molecule is O=C(NC1CCCCC1)NC1CCN(C(=O)C2(C(=O)O)CC2)CC1. The highest BCUT2D eigenvalue weighted by atomic mass is 16.4. The number of nitrogens with zero attached hydrogens (tertiary/aromatic N) is 1. The van der Waals surface area contributed by atoms with E-state index in [9.17, 15) is 19.5 Å². The zero-order valence-corrected chi connectivity index (χ0v) is 14.1. The molecule has 7 heteroatoms. The van der Waals surface area contributed by atoms with E-state index in [0.717, 1.165) is 12.8 Å². The highest BCUT2D eigenvalue weighted by Crippen LogP contribution is 2.47. The summed E-state index contributed by atoms with van der Waals surface area (Å²) >= 11 is 0. The van der Waals surface area contributed by atoms with Gasteiger partial charge in [-0.05, 0) is 38.5 Å². The number of carboxylic acids is 1. The number of likely N-dealkylation sites (tertiary alicyclic amines) is 1. The molecule has 0 aromatic rings. The molecule has 134 valence electrons. The van der Waals surface area contributed by atoms with Crippen LogP contribution in [0.25, 0.3) is 0 Å². The van der Waals surface area contributed by atoms with Crippen LogP contribution in [0.5, 0.6) is 0 Å². The zero-order chi connectivity index (χ0) is 17.2. The van der Waals surface area contributed by atoms with E-state index in [0.29, 0.717) is 38.8 Å². The monoisotopic (exact) mass is 337 g/mol. The van der Waals surface area contributed by atoms with E-state index in [4.69, 9.17) is 0 Å². The second-order valence-electron chi connectivity index (χ2n) is 7.41. The molecule has 24 heavy (non-hydrogen) atoms. The van der Waals surface area contributed by atoms with Crippen LogP contribution in [0.4, 0.5) is 4.79 Å². The van der Waals surface area contributed by atoms with Crippen molar-refractivity contribution in [2.24, 2.45) is 5.41 Å². The summed E-state index contributed by atoms with van der Waals surface area (Å²) in [7, 11) is 0. The molecular formula is C17H27N3O4. The molecule has 3 aliphatic rings. The highest BCUT2D eigenvalue weighted by molar-refractivity contribution is 6.04. The number of nitrogens with one attached hydrogen (secondary N) is 2. The van der Waals surface area contributed by atoms with Crippen LogP contribution in [0, 0.1) is 5.41 Å². The molecule has 0 unspecified atom stereocenters. The maximum Gasteiger partial charge on any atom is 0.319 e. The summed E-state index contributed by atoms with van der Waals surface area (Å²) in [6, 6.07) is 0.221. The number of urea groups is 1. The van der Waals surface area contributed by atoms with Gasteiger partial charge in [-0.2, -0.15) is 0 Å². The molecule has 0 aromatic heterocycles. The first-order valence-corrected chi connectivity index (χ1v) is 9.11. The minimum absolute atomic E-state index is 0.0534. The van der Waals surface area contributed by atoms with Crippen LogP contribution >= 0.6 is 0 Å². The molecule has 3 N–H and O–H groups in total. The van der Waals surface area contributed by atoms with Crippen molar-refractivity contribution in [3.8, 4) is 0 Å². The van der Waals surface area contributed by atoms with Crippen LogP contribution in [-0.4, -0.2) is 53.1 Å². The summed E-state index contributed by atoms with van der Waals surface area (Å²) in [5.74, 6) is -1.25. The molecule has 0 atom stereocenters. The molecule has 3 fully saturated rings. The van der Waals surface area contributed by atoms with Gasteiger partial charge in [0, 0.05) is 25.2 Å². The van der Waals surface area contributed by atoms with E-state index < -0.39 is 11.4 Å². The predicted octanol–water partition coefficient (Wildman–Crippen LogP) is 1.47. The number of hydrogen-bond donors (Lipinski definition) is 3. The van der Waals surface area contributed by atoms with Crippen LogP contribution < -0.4 is 10.6 Å². The average molecular weight is 337 g/mol. The molecule has 0 radical (unpaired) electrons. The number of piperidine rings is 1. The van der Waals surface area contributed by atoms with E-state index in [2.05, 4.69) is 10.6 Å². The second kappa shape index (κ2) is 6.99. The minimum Gasteiger partial charge on any atom is -0.480 e. The summed E-state index contributed by atoms with van der Waals surface area (Å²) in [6.07, 6.45) is 7.97. The Balaban J connectivity index is 1.41. The Hall–Kier alpha value is -1.79. The smallest absolute Gasteiger partial charge is 0.319 e. The largest absolute Gasteiger partial charge is 0.480 e. The number of carbonyl (C=O) groups excluding carboxylic acids is 2. The Kier molecular flexibility index (Phi) is 4.96. The normalized spacial score (nSPS) is 24.2. The van der Waals surface area contributed by atoms with E-state index in [-0.39, 0.29) is 24.0 Å². The number of amides is 3. The van der Waals surface area contributed by atoms with Gasteiger partial charge in [-0.15, -0.1) is 0 Å². The summed E-state index contributed by atoms with van der Waals surface area (Å²) in [5, 5.41) is 15.3. The number of aliphatic carboxylic acids is 1. The van der Waals surface area contributed by atoms with Crippen LogP contribution in [0.1, 0.15) is 57.8 Å². The number of carboxylic acid groups (broad SMARTS) is 1. The van der Waals surface area contributed by atoms with Gasteiger partial charge in [0.2, 0.25) is 5.91 Å². The maximum absolute atomic E-state index is 12.4. The van der Waals surface area contributed by atoms with Crippen molar-refractivity contribution in [1.82, 2.24) is 15.5 Å². The zero-order valence-electron chi connectivity index (χ0n) is 14.1. The van der Waals surface area contributed by atoms with Gasteiger partial charge in [0.15, 0.2) is 0 Å². The van der Waals surface area contributed by atoms with E-state index in [1.807, 2.05) is 0 Å². The molecule has 0 bridgehead atoms. The molecule has 0 spiro atoms. The first kappa shape index (κ1) is 17.0. The van der Waals surface area contributed by atoms with Crippen LogP contribution in [0.2, 0.25) is 0 Å². The van der Waals surface area contributed by atoms with Crippen LogP contribution in [0.3, 0.4) is 0 Å². The van der Waals surface area contributed by atoms with Gasteiger partial charge in [0.1, 0.15) is 5.41 Å².